The summed E-state index contributed by atoms with van der Waals surface area (Å²) in [5.74, 6) is 0.310. The molecule has 0 aliphatic carbocycles. The molecular formula is C21H16Br2O. The number of hydrogen-bond donors (Lipinski definition) is 1. The normalized spacial score (nSPS) is 10.5. The number of aromatic hydroxyl groups is 1. The molecule has 0 radical (unpaired) electrons. The topological polar surface area (TPSA) is 20.2 Å². The molecule has 0 unspecified atom stereocenters. The van der Waals surface area contributed by atoms with Crippen molar-refractivity contribution in [3.8, 4) is 5.75 Å². The maximum atomic E-state index is 9.19. The average molecular weight is 444 g/mol. The van der Waals surface area contributed by atoms with Crippen LogP contribution >= 0.6 is 31.9 Å². The van der Waals surface area contributed by atoms with E-state index in [1.54, 1.807) is 12.1 Å². The Balaban J connectivity index is 0.000000141. The van der Waals surface area contributed by atoms with Crippen LogP contribution in [-0.4, -0.2) is 5.11 Å². The molecule has 4 aromatic rings. The van der Waals surface area contributed by atoms with Crippen LogP contribution in [0.5, 0.6) is 5.75 Å². The maximum Gasteiger partial charge on any atom is 0.116 e. The summed E-state index contributed by atoms with van der Waals surface area (Å²) in [5, 5.41) is 14.0. The fourth-order valence-electron chi connectivity index (χ4n) is 2.54. The highest BCUT2D eigenvalue weighted by molar-refractivity contribution is 9.10. The van der Waals surface area contributed by atoms with E-state index in [-0.39, 0.29) is 0 Å². The lowest BCUT2D eigenvalue weighted by atomic mass is 10.1. The van der Waals surface area contributed by atoms with Crippen molar-refractivity contribution in [1.29, 1.82) is 0 Å². The monoisotopic (exact) mass is 442 g/mol. The fraction of sp³-hybridized carbons (Fsp3) is 0.0476. The van der Waals surface area contributed by atoms with E-state index in [2.05, 4.69) is 75.2 Å². The molecule has 24 heavy (non-hydrogen) atoms. The minimum absolute atomic E-state index is 0.310. The van der Waals surface area contributed by atoms with Crippen LogP contribution in [0.15, 0.2) is 81.7 Å². The largest absolute Gasteiger partial charge is 0.508 e. The van der Waals surface area contributed by atoms with Crippen molar-refractivity contribution in [2.45, 2.75) is 6.92 Å². The number of phenols is 1. The van der Waals surface area contributed by atoms with Gasteiger partial charge in [0.15, 0.2) is 0 Å². The first kappa shape index (κ1) is 17.0. The van der Waals surface area contributed by atoms with Gasteiger partial charge in [-0.3, -0.25) is 0 Å². The summed E-state index contributed by atoms with van der Waals surface area (Å²) in [6.07, 6.45) is 0. The summed E-state index contributed by atoms with van der Waals surface area (Å²) < 4.78 is 2.19. The highest BCUT2D eigenvalue weighted by atomic mass is 79.9. The number of rotatable bonds is 0. The lowest BCUT2D eigenvalue weighted by Gasteiger charge is -1.99. The number of benzene rings is 4. The number of aryl methyl sites for hydroxylation is 1. The third-order valence-electron chi connectivity index (χ3n) is 3.74. The smallest absolute Gasteiger partial charge is 0.116 e. The Labute approximate surface area is 158 Å². The zero-order chi connectivity index (χ0) is 17.1. The van der Waals surface area contributed by atoms with E-state index in [4.69, 9.17) is 0 Å². The van der Waals surface area contributed by atoms with Crippen molar-refractivity contribution >= 4 is 53.4 Å². The van der Waals surface area contributed by atoms with Gasteiger partial charge in [-0.05, 0) is 64.9 Å². The molecule has 0 saturated carbocycles. The molecule has 4 rings (SSSR count). The molecule has 0 fully saturated rings. The quantitative estimate of drug-likeness (QED) is 0.304. The molecule has 0 aliphatic rings. The molecule has 0 heterocycles. The van der Waals surface area contributed by atoms with Crippen LogP contribution in [0.2, 0.25) is 0 Å². The van der Waals surface area contributed by atoms with E-state index < -0.39 is 0 Å². The first-order chi connectivity index (χ1) is 11.5. The highest BCUT2D eigenvalue weighted by Crippen LogP contribution is 2.23. The van der Waals surface area contributed by atoms with E-state index in [1.807, 2.05) is 24.3 Å². The lowest BCUT2D eigenvalue weighted by Crippen LogP contribution is -1.74. The molecular weight excluding hydrogens is 428 g/mol. The van der Waals surface area contributed by atoms with Crippen LogP contribution in [0.25, 0.3) is 21.5 Å². The van der Waals surface area contributed by atoms with Gasteiger partial charge in [0.25, 0.3) is 0 Å². The summed E-state index contributed by atoms with van der Waals surface area (Å²) in [4.78, 5) is 0. The van der Waals surface area contributed by atoms with Gasteiger partial charge in [0, 0.05) is 8.95 Å². The zero-order valence-corrected chi connectivity index (χ0v) is 16.3. The molecule has 1 nitrogen and oxygen atoms in total. The average Bonchev–Trinajstić information content (AvgIpc) is 2.56. The van der Waals surface area contributed by atoms with Crippen LogP contribution < -0.4 is 0 Å². The van der Waals surface area contributed by atoms with Gasteiger partial charge in [0.05, 0.1) is 0 Å². The maximum absolute atomic E-state index is 9.19. The van der Waals surface area contributed by atoms with E-state index >= 15 is 0 Å². The summed E-state index contributed by atoms with van der Waals surface area (Å²) in [6, 6.07) is 24.1. The second-order valence-corrected chi connectivity index (χ2v) is 7.50. The predicted molar refractivity (Wildman–Crippen MR) is 110 cm³/mol. The van der Waals surface area contributed by atoms with Gasteiger partial charge in [-0.25, -0.2) is 0 Å². The molecule has 1 N–H and O–H groups in total. The number of halogens is 2. The fourth-order valence-corrected chi connectivity index (χ4v) is 3.30. The third-order valence-corrected chi connectivity index (χ3v) is 4.73. The zero-order valence-electron chi connectivity index (χ0n) is 13.1. The van der Waals surface area contributed by atoms with Gasteiger partial charge in [-0.15, -0.1) is 0 Å². The Morgan fingerprint density at radius 3 is 1.67 bits per heavy atom. The number of phenolic OH excluding ortho intramolecular Hbond substituents is 1. The molecule has 3 heteroatoms. The minimum atomic E-state index is 0.310. The molecule has 4 aromatic carbocycles. The van der Waals surface area contributed by atoms with E-state index in [0.29, 0.717) is 5.75 Å². The van der Waals surface area contributed by atoms with E-state index in [1.165, 1.54) is 16.3 Å². The van der Waals surface area contributed by atoms with Gasteiger partial charge < -0.3 is 5.11 Å². The summed E-state index contributed by atoms with van der Waals surface area (Å²) >= 11 is 6.84. The standard InChI is InChI=1S/C11H9Br.C10H7BrO/c1-8-2-3-10-7-11(12)5-4-9(10)6-8;11-9-3-1-8-6-10(12)4-2-7(8)5-9/h2-7H,1H3;1-6,12H. The van der Waals surface area contributed by atoms with E-state index in [9.17, 15) is 5.11 Å². The van der Waals surface area contributed by atoms with Crippen molar-refractivity contribution in [3.63, 3.8) is 0 Å². The Bertz CT molecular complexity index is 843. The summed E-state index contributed by atoms with van der Waals surface area (Å²) in [6.45, 7) is 2.11. The summed E-state index contributed by atoms with van der Waals surface area (Å²) in [7, 11) is 0. The van der Waals surface area contributed by atoms with Crippen LogP contribution in [0.4, 0.5) is 0 Å². The lowest BCUT2D eigenvalue weighted by molar-refractivity contribution is 0.476. The molecule has 0 aromatic heterocycles. The SMILES string of the molecule is Cc1ccc2cc(Br)ccc2c1.Oc1ccc2cc(Br)ccc2c1. The molecule has 0 atom stereocenters. The second-order valence-electron chi connectivity index (χ2n) is 5.67. The van der Waals surface area contributed by atoms with Gasteiger partial charge in [-0.1, -0.05) is 73.8 Å². The minimum Gasteiger partial charge on any atom is -0.508 e. The number of fused-ring (bicyclic) bond motifs is 2. The van der Waals surface area contributed by atoms with E-state index in [0.717, 1.165) is 19.7 Å². The van der Waals surface area contributed by atoms with Crippen molar-refractivity contribution in [2.24, 2.45) is 0 Å². The third kappa shape index (κ3) is 4.16. The second kappa shape index (κ2) is 7.37. The van der Waals surface area contributed by atoms with Crippen LogP contribution in [0.1, 0.15) is 5.56 Å². The predicted octanol–water partition coefficient (Wildman–Crippen LogP) is 7.22. The molecule has 120 valence electrons. The Kier molecular flexibility index (Phi) is 5.22. The van der Waals surface area contributed by atoms with Crippen molar-refractivity contribution in [2.75, 3.05) is 0 Å². The molecule has 0 spiro atoms. The van der Waals surface area contributed by atoms with Gasteiger partial charge in [-0.2, -0.15) is 0 Å². The Morgan fingerprint density at radius 1 is 0.583 bits per heavy atom. The first-order valence-electron chi connectivity index (χ1n) is 7.55. The van der Waals surface area contributed by atoms with Crippen molar-refractivity contribution in [1.82, 2.24) is 0 Å². The van der Waals surface area contributed by atoms with Gasteiger partial charge >= 0.3 is 0 Å². The molecule has 0 aliphatic heterocycles. The van der Waals surface area contributed by atoms with Crippen molar-refractivity contribution < 1.29 is 5.11 Å². The van der Waals surface area contributed by atoms with Crippen LogP contribution in [0, 0.1) is 6.92 Å². The Hall–Kier alpha value is -1.84. The molecule has 0 amide bonds. The molecule has 0 saturated heterocycles. The Morgan fingerprint density at radius 2 is 1.04 bits per heavy atom. The highest BCUT2D eigenvalue weighted by Gasteiger charge is 1.95. The van der Waals surface area contributed by atoms with Crippen LogP contribution in [0.3, 0.4) is 0 Å². The van der Waals surface area contributed by atoms with Crippen LogP contribution in [-0.2, 0) is 0 Å². The summed E-state index contributed by atoms with van der Waals surface area (Å²) in [5.41, 5.74) is 1.31. The molecule has 0 bridgehead atoms. The van der Waals surface area contributed by atoms with Crippen molar-refractivity contribution in [3.05, 3.63) is 87.3 Å². The van der Waals surface area contributed by atoms with Gasteiger partial charge in [0.1, 0.15) is 5.75 Å². The number of hydrogen-bond acceptors (Lipinski definition) is 1. The van der Waals surface area contributed by atoms with Gasteiger partial charge in [0.2, 0.25) is 0 Å². The first-order valence-corrected chi connectivity index (χ1v) is 9.14.